The third kappa shape index (κ3) is 5.18. The molecule has 2 unspecified atom stereocenters. The minimum absolute atomic E-state index is 0.0165. The summed E-state index contributed by atoms with van der Waals surface area (Å²) in [5.41, 5.74) is 7.57. The van der Waals surface area contributed by atoms with Crippen molar-refractivity contribution in [1.82, 2.24) is 0 Å². The van der Waals surface area contributed by atoms with Gasteiger partial charge >= 0.3 is 14.1 Å². The lowest BCUT2D eigenvalue weighted by Crippen LogP contribution is -2.31. The van der Waals surface area contributed by atoms with Gasteiger partial charge in [0.1, 0.15) is 6.10 Å². The molecule has 194 valence electrons. The highest BCUT2D eigenvalue weighted by molar-refractivity contribution is 7.48. The smallest absolute Gasteiger partial charge is 0.209 e. The number of hydrogen-bond donors (Lipinski definition) is 0. The van der Waals surface area contributed by atoms with E-state index in [4.69, 9.17) is 8.72 Å². The van der Waals surface area contributed by atoms with Crippen LogP contribution < -0.4 is 5.30 Å². The van der Waals surface area contributed by atoms with E-state index in [0.29, 0.717) is 0 Å². The zero-order chi connectivity index (χ0) is 26.8. The third-order valence-electron chi connectivity index (χ3n) is 7.22. The summed E-state index contributed by atoms with van der Waals surface area (Å²) in [7, 11) is -1.29. The molecule has 0 bridgehead atoms. The molecule has 1 heterocycles. The van der Waals surface area contributed by atoms with Gasteiger partial charge in [-0.25, -0.2) is 12.1 Å². The lowest BCUT2D eigenvalue weighted by atomic mass is 9.68. The summed E-state index contributed by atoms with van der Waals surface area (Å²) in [6, 6.07) is 8.42. The van der Waals surface area contributed by atoms with Gasteiger partial charge in [-0.15, -0.1) is 34.4 Å². The molecular weight excluding hydrogens is 459 g/mol. The van der Waals surface area contributed by atoms with E-state index in [2.05, 4.69) is 132 Å². The van der Waals surface area contributed by atoms with Gasteiger partial charge in [0, 0.05) is 0 Å². The highest BCUT2D eigenvalue weighted by Gasteiger charge is 2.49. The molecule has 0 saturated carbocycles. The fourth-order valence-electron chi connectivity index (χ4n) is 4.80. The summed E-state index contributed by atoms with van der Waals surface area (Å²) in [5.74, 6) is 0. The zero-order valence-electron chi connectivity index (χ0n) is 24.5. The van der Waals surface area contributed by atoms with Crippen molar-refractivity contribution in [3.8, 4) is 0 Å². The molecule has 0 N–H and O–H groups in total. The first kappa shape index (κ1) is 27.0. The molecule has 0 saturated heterocycles. The SMILES string of the molecule is CC(C)(C)C1=CC2=C3C=C(C(C)(C)C)C=C(C(C)(C)C)C3O[P+]([c-]3cccc3)=[O+][C-]2C(C(C)(C)C)=C1. The normalized spacial score (nSPS) is 22.6. The highest BCUT2D eigenvalue weighted by atomic mass is 31.1. The van der Waals surface area contributed by atoms with Gasteiger partial charge in [-0.05, 0) is 38.4 Å². The highest BCUT2D eigenvalue weighted by Crippen LogP contribution is 2.53. The van der Waals surface area contributed by atoms with Crippen LogP contribution in [0.15, 0.2) is 82.0 Å². The standard InChI is InChI=1S/C33H45O2P/c1-30(2,3)21-17-24-25-18-22(31(4,5)6)20-27(33(10,11)12)29(25)35-36(23-15-13-14-16-23)34-28(24)26(19-21)32(7,8)9/h13-20,28H,1-12H3. The van der Waals surface area contributed by atoms with E-state index in [1.54, 1.807) is 0 Å². The maximum absolute atomic E-state index is 7.03. The molecule has 1 aromatic carbocycles. The van der Waals surface area contributed by atoms with E-state index in [0.717, 1.165) is 11.4 Å². The fraction of sp³-hybridized carbons (Fsp3) is 0.515. The van der Waals surface area contributed by atoms with Gasteiger partial charge in [-0.1, -0.05) is 111 Å². The first-order chi connectivity index (χ1) is 16.4. The molecule has 1 aliphatic heterocycles. The Hall–Kier alpha value is -2.02. The molecule has 36 heavy (non-hydrogen) atoms. The van der Waals surface area contributed by atoms with E-state index in [9.17, 15) is 0 Å². The van der Waals surface area contributed by atoms with Crippen LogP contribution in [0.2, 0.25) is 0 Å². The summed E-state index contributed by atoms with van der Waals surface area (Å²) in [5, 5.41) is 1.12. The van der Waals surface area contributed by atoms with Crippen LogP contribution in [0.3, 0.4) is 0 Å². The number of allylic oxidation sites excluding steroid dienone is 4. The van der Waals surface area contributed by atoms with Crippen molar-refractivity contribution in [1.29, 1.82) is 0 Å². The second kappa shape index (κ2) is 8.78. The van der Waals surface area contributed by atoms with Gasteiger partial charge in [-0.2, -0.15) is 0 Å². The van der Waals surface area contributed by atoms with E-state index >= 15 is 0 Å². The van der Waals surface area contributed by atoms with Crippen LogP contribution in [-0.4, -0.2) is 6.10 Å². The van der Waals surface area contributed by atoms with Crippen molar-refractivity contribution in [2.24, 2.45) is 21.7 Å². The molecule has 2 aliphatic carbocycles. The molecular formula is C33H45O2P. The Morgan fingerprint density at radius 3 is 1.75 bits per heavy atom. The Bertz CT molecular complexity index is 1210. The van der Waals surface area contributed by atoms with Crippen molar-refractivity contribution in [2.45, 2.75) is 89.2 Å². The Balaban J connectivity index is 2.09. The summed E-state index contributed by atoms with van der Waals surface area (Å²) >= 11 is 0. The first-order valence-corrected chi connectivity index (χ1v) is 14.4. The van der Waals surface area contributed by atoms with E-state index < -0.39 is 8.03 Å². The number of fused-ring (bicyclic) bond motifs is 2. The van der Waals surface area contributed by atoms with Crippen LogP contribution in [0.25, 0.3) is 0 Å². The van der Waals surface area contributed by atoms with Crippen molar-refractivity contribution >= 4 is 13.3 Å². The Morgan fingerprint density at radius 2 is 1.25 bits per heavy atom. The Labute approximate surface area is 220 Å². The van der Waals surface area contributed by atoms with E-state index in [1.807, 2.05) is 0 Å². The molecule has 0 fully saturated rings. The predicted octanol–water partition coefficient (Wildman–Crippen LogP) is 9.45. The first-order valence-electron chi connectivity index (χ1n) is 13.2. The molecule has 0 amide bonds. The summed E-state index contributed by atoms with van der Waals surface area (Å²) in [4.78, 5) is 0. The van der Waals surface area contributed by atoms with Crippen LogP contribution in [0.5, 0.6) is 0 Å². The van der Waals surface area contributed by atoms with Crippen LogP contribution in [0.4, 0.5) is 0 Å². The summed E-state index contributed by atoms with van der Waals surface area (Å²) in [6.07, 6.45) is 10.4. The minimum atomic E-state index is -1.29. The molecule has 3 aliphatic rings. The fourth-order valence-corrected chi connectivity index (χ4v) is 6.27. The predicted molar refractivity (Wildman–Crippen MR) is 155 cm³/mol. The quantitative estimate of drug-likeness (QED) is 0.212. The van der Waals surface area contributed by atoms with Crippen molar-refractivity contribution < 1.29 is 8.72 Å². The third-order valence-corrected chi connectivity index (χ3v) is 8.69. The molecule has 2 nitrogen and oxygen atoms in total. The van der Waals surface area contributed by atoms with E-state index in [-0.39, 0.29) is 27.8 Å². The zero-order valence-corrected chi connectivity index (χ0v) is 25.4. The molecule has 0 aromatic heterocycles. The monoisotopic (exact) mass is 504 g/mol. The van der Waals surface area contributed by atoms with Gasteiger partial charge in [-0.3, -0.25) is 0 Å². The van der Waals surface area contributed by atoms with Gasteiger partial charge in [0.15, 0.2) is 5.30 Å². The largest absolute Gasteiger partial charge is 0.667 e. The average molecular weight is 505 g/mol. The van der Waals surface area contributed by atoms with Crippen LogP contribution in [-0.2, 0) is 8.72 Å². The van der Waals surface area contributed by atoms with Crippen molar-refractivity contribution in [3.63, 3.8) is 0 Å². The molecule has 2 atom stereocenters. The van der Waals surface area contributed by atoms with Crippen molar-refractivity contribution in [2.75, 3.05) is 0 Å². The second-order valence-electron chi connectivity index (χ2n) is 14.5. The Morgan fingerprint density at radius 1 is 0.694 bits per heavy atom. The molecule has 1 aromatic rings. The average Bonchev–Trinajstić information content (AvgIpc) is 3.19. The van der Waals surface area contributed by atoms with Gasteiger partial charge < -0.3 is 0 Å². The topological polar surface area (TPSA) is 20.5 Å². The number of hydrogen-bond acceptors (Lipinski definition) is 1. The molecule has 4 rings (SSSR count). The molecule has 3 heteroatoms. The minimum Gasteiger partial charge on any atom is -0.209 e. The van der Waals surface area contributed by atoms with Crippen LogP contribution >= 0.6 is 8.03 Å². The van der Waals surface area contributed by atoms with Gasteiger partial charge in [0.05, 0.1) is 0 Å². The van der Waals surface area contributed by atoms with Gasteiger partial charge in [0.25, 0.3) is 0 Å². The van der Waals surface area contributed by atoms with Gasteiger partial charge in [0.2, 0.25) is 0 Å². The Kier molecular flexibility index (Phi) is 6.59. The lowest BCUT2D eigenvalue weighted by Gasteiger charge is -2.38. The molecule has 0 spiro atoms. The van der Waals surface area contributed by atoms with Crippen molar-refractivity contribution in [3.05, 3.63) is 88.1 Å². The number of rotatable bonds is 1. The lowest BCUT2D eigenvalue weighted by molar-refractivity contribution is 0.141. The van der Waals surface area contributed by atoms with Crippen LogP contribution in [0, 0.1) is 27.8 Å². The maximum Gasteiger partial charge on any atom is 0.667 e. The summed E-state index contributed by atoms with van der Waals surface area (Å²) in [6.45, 7) is 27.6. The summed E-state index contributed by atoms with van der Waals surface area (Å²) < 4.78 is 14.0. The molecule has 0 radical (unpaired) electrons. The van der Waals surface area contributed by atoms with E-state index in [1.165, 1.54) is 33.4 Å². The second-order valence-corrected chi connectivity index (χ2v) is 16.0. The van der Waals surface area contributed by atoms with Crippen LogP contribution in [0.1, 0.15) is 83.1 Å². The maximum atomic E-state index is 7.03.